The van der Waals surface area contributed by atoms with E-state index in [0.29, 0.717) is 26.6 Å². The molecule has 4 rings (SSSR count). The second-order valence-corrected chi connectivity index (χ2v) is 7.14. The van der Waals surface area contributed by atoms with E-state index in [1.165, 1.54) is 11.3 Å². The van der Waals surface area contributed by atoms with E-state index in [1.807, 2.05) is 25.1 Å². The van der Waals surface area contributed by atoms with Gasteiger partial charge in [-0.3, -0.25) is 4.79 Å². The molecule has 0 atom stereocenters. The summed E-state index contributed by atoms with van der Waals surface area (Å²) in [4.78, 5) is 25.2. The fourth-order valence-electron chi connectivity index (χ4n) is 2.66. The number of carbonyl (C=O) groups excluding carboxylic acids is 1. The lowest BCUT2D eigenvalue weighted by Gasteiger charge is -2.06. The van der Waals surface area contributed by atoms with Crippen molar-refractivity contribution in [1.29, 1.82) is 0 Å². The number of thiophene rings is 1. The van der Waals surface area contributed by atoms with Gasteiger partial charge in [0.15, 0.2) is 0 Å². The molecule has 124 valence electrons. The number of fused-ring (bicyclic) bond motifs is 3. The monoisotopic (exact) mass is 369 g/mol. The van der Waals surface area contributed by atoms with Crippen LogP contribution >= 0.6 is 22.9 Å². The van der Waals surface area contributed by atoms with Crippen molar-refractivity contribution in [1.82, 2.24) is 0 Å². The molecular formula is C19H12ClNO3S. The highest BCUT2D eigenvalue weighted by Crippen LogP contribution is 2.31. The Balaban J connectivity index is 1.79. The molecule has 2 aromatic heterocycles. The Bertz CT molecular complexity index is 1190. The van der Waals surface area contributed by atoms with Crippen LogP contribution in [0.3, 0.4) is 0 Å². The first kappa shape index (κ1) is 15.9. The summed E-state index contributed by atoms with van der Waals surface area (Å²) in [7, 11) is 0. The summed E-state index contributed by atoms with van der Waals surface area (Å²) in [5.41, 5.74) is 1.60. The number of hydrogen-bond acceptors (Lipinski definition) is 4. The SMILES string of the molecule is Cc1ccc(NC(=O)c2cc3c(=O)oc4ccccc4c3s2)c(Cl)c1. The highest BCUT2D eigenvalue weighted by molar-refractivity contribution is 7.21. The van der Waals surface area contributed by atoms with Gasteiger partial charge in [-0.05, 0) is 42.8 Å². The summed E-state index contributed by atoms with van der Waals surface area (Å²) in [6.45, 7) is 1.92. The summed E-state index contributed by atoms with van der Waals surface area (Å²) in [6.07, 6.45) is 0. The van der Waals surface area contributed by atoms with Crippen LogP contribution in [0.15, 0.2) is 57.7 Å². The molecule has 0 fully saturated rings. The van der Waals surface area contributed by atoms with Crippen LogP contribution in [0, 0.1) is 6.92 Å². The summed E-state index contributed by atoms with van der Waals surface area (Å²) >= 11 is 7.43. The number of amides is 1. The van der Waals surface area contributed by atoms with E-state index >= 15 is 0 Å². The predicted molar refractivity (Wildman–Crippen MR) is 102 cm³/mol. The molecule has 0 spiro atoms. The fourth-order valence-corrected chi connectivity index (χ4v) is 4.01. The molecule has 0 saturated heterocycles. The fraction of sp³-hybridized carbons (Fsp3) is 0.0526. The number of halogens is 1. The van der Waals surface area contributed by atoms with Crippen LogP contribution in [0.25, 0.3) is 21.1 Å². The highest BCUT2D eigenvalue weighted by atomic mass is 35.5. The standard InChI is InChI=1S/C19H12ClNO3S/c1-10-6-7-14(13(20)8-10)21-18(22)16-9-12-17(25-16)11-4-2-3-5-15(11)24-19(12)23/h2-9H,1H3,(H,21,22). The van der Waals surface area contributed by atoms with E-state index in [9.17, 15) is 9.59 Å². The van der Waals surface area contributed by atoms with Crippen molar-refractivity contribution in [3.63, 3.8) is 0 Å². The Kier molecular flexibility index (Phi) is 3.82. The maximum atomic E-state index is 12.6. The number of rotatable bonds is 2. The van der Waals surface area contributed by atoms with E-state index < -0.39 is 5.63 Å². The normalized spacial score (nSPS) is 11.1. The molecule has 4 nitrogen and oxygen atoms in total. The van der Waals surface area contributed by atoms with Crippen molar-refractivity contribution in [3.05, 3.63) is 74.4 Å². The van der Waals surface area contributed by atoms with Crippen molar-refractivity contribution in [2.45, 2.75) is 6.92 Å². The predicted octanol–water partition coefficient (Wildman–Crippen LogP) is 5.22. The molecule has 4 aromatic rings. The maximum absolute atomic E-state index is 12.6. The number of para-hydroxylation sites is 1. The maximum Gasteiger partial charge on any atom is 0.345 e. The average molecular weight is 370 g/mol. The zero-order valence-corrected chi connectivity index (χ0v) is 14.7. The third-order valence-corrected chi connectivity index (χ3v) is 5.36. The minimum atomic E-state index is -0.447. The van der Waals surface area contributed by atoms with E-state index in [-0.39, 0.29) is 5.91 Å². The van der Waals surface area contributed by atoms with Crippen LogP contribution < -0.4 is 10.9 Å². The number of nitrogens with one attached hydrogen (secondary N) is 1. The second kappa shape index (κ2) is 6.02. The van der Waals surface area contributed by atoms with E-state index in [4.69, 9.17) is 16.0 Å². The molecule has 0 radical (unpaired) electrons. The summed E-state index contributed by atoms with van der Waals surface area (Å²) in [5, 5.41) is 4.48. The molecule has 0 aliphatic heterocycles. The highest BCUT2D eigenvalue weighted by Gasteiger charge is 2.16. The van der Waals surface area contributed by atoms with E-state index in [0.717, 1.165) is 15.6 Å². The third-order valence-electron chi connectivity index (χ3n) is 3.88. The molecule has 2 heterocycles. The van der Waals surface area contributed by atoms with Crippen LogP contribution in [0.5, 0.6) is 0 Å². The second-order valence-electron chi connectivity index (χ2n) is 5.68. The lowest BCUT2D eigenvalue weighted by Crippen LogP contribution is -2.10. The van der Waals surface area contributed by atoms with Gasteiger partial charge in [0.05, 0.1) is 25.7 Å². The van der Waals surface area contributed by atoms with Crippen LogP contribution in [0.2, 0.25) is 5.02 Å². The first-order chi connectivity index (χ1) is 12.0. The van der Waals surface area contributed by atoms with Gasteiger partial charge in [-0.2, -0.15) is 0 Å². The number of benzene rings is 2. The molecule has 0 unspecified atom stereocenters. The van der Waals surface area contributed by atoms with Crippen molar-refractivity contribution >= 4 is 55.6 Å². The zero-order valence-electron chi connectivity index (χ0n) is 13.1. The molecule has 1 N–H and O–H groups in total. The lowest BCUT2D eigenvalue weighted by molar-refractivity contribution is 0.103. The van der Waals surface area contributed by atoms with Gasteiger partial charge in [-0.1, -0.05) is 29.8 Å². The number of aryl methyl sites for hydroxylation is 1. The van der Waals surface area contributed by atoms with Gasteiger partial charge in [-0.15, -0.1) is 11.3 Å². The molecule has 0 aliphatic rings. The molecule has 2 aromatic carbocycles. The van der Waals surface area contributed by atoms with E-state index in [2.05, 4.69) is 5.32 Å². The molecule has 0 aliphatic carbocycles. The Hall–Kier alpha value is -2.63. The van der Waals surface area contributed by atoms with Crippen molar-refractivity contribution < 1.29 is 9.21 Å². The first-order valence-electron chi connectivity index (χ1n) is 7.56. The Morgan fingerprint density at radius 1 is 1.12 bits per heavy atom. The average Bonchev–Trinajstić information content (AvgIpc) is 3.04. The van der Waals surface area contributed by atoms with Crippen molar-refractivity contribution in [3.8, 4) is 0 Å². The summed E-state index contributed by atoms with van der Waals surface area (Å²) in [6, 6.07) is 14.3. The van der Waals surface area contributed by atoms with Gasteiger partial charge in [0.1, 0.15) is 5.58 Å². The molecule has 6 heteroatoms. The number of carbonyl (C=O) groups is 1. The van der Waals surface area contributed by atoms with Gasteiger partial charge in [0.2, 0.25) is 0 Å². The van der Waals surface area contributed by atoms with Gasteiger partial charge in [0, 0.05) is 5.39 Å². The molecule has 0 bridgehead atoms. The molecule has 25 heavy (non-hydrogen) atoms. The van der Waals surface area contributed by atoms with Crippen molar-refractivity contribution in [2.75, 3.05) is 5.32 Å². The minimum absolute atomic E-state index is 0.310. The smallest absolute Gasteiger partial charge is 0.345 e. The largest absolute Gasteiger partial charge is 0.422 e. The van der Waals surface area contributed by atoms with Crippen LogP contribution in [-0.4, -0.2) is 5.91 Å². The lowest BCUT2D eigenvalue weighted by atomic mass is 10.2. The summed E-state index contributed by atoms with van der Waals surface area (Å²) < 4.78 is 6.06. The Morgan fingerprint density at radius 3 is 2.72 bits per heavy atom. The Labute approximate surface area is 151 Å². The topological polar surface area (TPSA) is 59.3 Å². The quantitative estimate of drug-likeness (QED) is 0.493. The molecule has 1 amide bonds. The first-order valence-corrected chi connectivity index (χ1v) is 8.75. The van der Waals surface area contributed by atoms with Crippen LogP contribution in [0.4, 0.5) is 5.69 Å². The van der Waals surface area contributed by atoms with Gasteiger partial charge in [-0.25, -0.2) is 4.79 Å². The number of anilines is 1. The van der Waals surface area contributed by atoms with Crippen LogP contribution in [0.1, 0.15) is 15.2 Å². The van der Waals surface area contributed by atoms with Crippen molar-refractivity contribution in [2.24, 2.45) is 0 Å². The van der Waals surface area contributed by atoms with Gasteiger partial charge >= 0.3 is 5.63 Å². The van der Waals surface area contributed by atoms with Gasteiger partial charge < -0.3 is 9.73 Å². The number of hydrogen-bond donors (Lipinski definition) is 1. The minimum Gasteiger partial charge on any atom is -0.422 e. The van der Waals surface area contributed by atoms with Crippen LogP contribution in [-0.2, 0) is 0 Å². The summed E-state index contributed by atoms with van der Waals surface area (Å²) in [5.74, 6) is -0.310. The van der Waals surface area contributed by atoms with E-state index in [1.54, 1.807) is 30.3 Å². The van der Waals surface area contributed by atoms with Gasteiger partial charge in [0.25, 0.3) is 5.91 Å². The Morgan fingerprint density at radius 2 is 1.92 bits per heavy atom. The molecular weight excluding hydrogens is 358 g/mol. The molecule has 0 saturated carbocycles. The zero-order chi connectivity index (χ0) is 17.6. The third kappa shape index (κ3) is 2.81.